The second kappa shape index (κ2) is 9.25. The Balaban J connectivity index is 1.57. The van der Waals surface area contributed by atoms with Crippen molar-refractivity contribution >= 4 is 50.8 Å². The number of halogens is 2. The van der Waals surface area contributed by atoms with E-state index in [0.717, 1.165) is 0 Å². The van der Waals surface area contributed by atoms with Gasteiger partial charge < -0.3 is 4.84 Å². The van der Waals surface area contributed by atoms with Gasteiger partial charge in [-0.05, 0) is 76.6 Å². The summed E-state index contributed by atoms with van der Waals surface area (Å²) in [5.74, 6) is -0.994. The van der Waals surface area contributed by atoms with Crippen LogP contribution in [0.1, 0.15) is 20.7 Å². The molecular weight excluding hydrogens is 446 g/mol. The van der Waals surface area contributed by atoms with Crippen molar-refractivity contribution in [1.82, 2.24) is 0 Å². The number of nitrogens with one attached hydrogen (secondary N) is 1. The van der Waals surface area contributed by atoms with Gasteiger partial charge in [-0.3, -0.25) is 4.79 Å². The SMILES string of the molecule is O=C(ONc1ccc(N=NC(=O)c2ccccc2Br)cc1)c1ccc(Cl)cc1. The molecule has 0 fully saturated rings. The Bertz CT molecular complexity index is 1020. The van der Waals surface area contributed by atoms with Crippen LogP contribution in [0, 0.1) is 0 Å². The molecule has 0 heterocycles. The third-order valence-corrected chi connectivity index (χ3v) is 4.51. The van der Waals surface area contributed by atoms with Gasteiger partial charge in [-0.25, -0.2) is 10.3 Å². The number of benzene rings is 3. The Hall–Kier alpha value is -3.03. The van der Waals surface area contributed by atoms with E-state index in [1.165, 1.54) is 0 Å². The highest BCUT2D eigenvalue weighted by Crippen LogP contribution is 2.20. The molecule has 3 rings (SSSR count). The molecule has 0 aromatic heterocycles. The van der Waals surface area contributed by atoms with E-state index in [2.05, 4.69) is 31.6 Å². The van der Waals surface area contributed by atoms with Crippen molar-refractivity contribution < 1.29 is 14.4 Å². The zero-order valence-corrected chi connectivity index (χ0v) is 16.6. The number of azo groups is 1. The molecule has 3 aromatic carbocycles. The van der Waals surface area contributed by atoms with E-state index in [1.807, 2.05) is 6.07 Å². The van der Waals surface area contributed by atoms with E-state index in [-0.39, 0.29) is 0 Å². The molecule has 0 aliphatic heterocycles. The van der Waals surface area contributed by atoms with Crippen molar-refractivity contribution in [1.29, 1.82) is 0 Å². The van der Waals surface area contributed by atoms with E-state index in [9.17, 15) is 9.59 Å². The summed E-state index contributed by atoms with van der Waals surface area (Å²) in [7, 11) is 0. The first-order valence-electron chi connectivity index (χ1n) is 8.06. The zero-order chi connectivity index (χ0) is 19.9. The Morgan fingerprint density at radius 1 is 0.929 bits per heavy atom. The minimum atomic E-state index is -0.542. The third-order valence-electron chi connectivity index (χ3n) is 3.57. The van der Waals surface area contributed by atoms with Crippen molar-refractivity contribution in [3.63, 3.8) is 0 Å². The topological polar surface area (TPSA) is 80.1 Å². The maximum Gasteiger partial charge on any atom is 0.362 e. The molecule has 3 aromatic rings. The summed E-state index contributed by atoms with van der Waals surface area (Å²) in [5.41, 5.74) is 4.37. The predicted octanol–water partition coefficient (Wildman–Crippen LogP) is 6.21. The molecular formula is C20H13BrClN3O3. The monoisotopic (exact) mass is 457 g/mol. The van der Waals surface area contributed by atoms with Gasteiger partial charge in [0.15, 0.2) is 0 Å². The fourth-order valence-electron chi connectivity index (χ4n) is 2.14. The molecule has 0 spiro atoms. The van der Waals surface area contributed by atoms with Gasteiger partial charge in [-0.2, -0.15) is 0 Å². The summed E-state index contributed by atoms with van der Waals surface area (Å²) < 4.78 is 0.654. The lowest BCUT2D eigenvalue weighted by molar-refractivity contribution is 0.0596. The summed E-state index contributed by atoms with van der Waals surface area (Å²) in [6.07, 6.45) is 0. The number of nitrogens with zero attached hydrogens (tertiary/aromatic N) is 2. The Labute approximate surface area is 174 Å². The van der Waals surface area contributed by atoms with Crippen molar-refractivity contribution in [2.75, 3.05) is 5.48 Å². The molecule has 0 aliphatic rings. The molecule has 6 nitrogen and oxygen atoms in total. The van der Waals surface area contributed by atoms with Gasteiger partial charge in [-0.1, -0.05) is 23.7 Å². The summed E-state index contributed by atoms with van der Waals surface area (Å²) in [6.45, 7) is 0. The Morgan fingerprint density at radius 2 is 1.61 bits per heavy atom. The number of anilines is 1. The lowest BCUT2D eigenvalue weighted by Gasteiger charge is -2.07. The fraction of sp³-hybridized carbons (Fsp3) is 0. The minimum Gasteiger partial charge on any atom is -0.338 e. The molecule has 0 unspecified atom stereocenters. The van der Waals surface area contributed by atoms with Crippen LogP contribution in [0.3, 0.4) is 0 Å². The van der Waals surface area contributed by atoms with Crippen LogP contribution in [0.2, 0.25) is 5.02 Å². The van der Waals surface area contributed by atoms with Crippen LogP contribution in [0.5, 0.6) is 0 Å². The first-order chi connectivity index (χ1) is 13.5. The highest BCUT2D eigenvalue weighted by atomic mass is 79.9. The van der Waals surface area contributed by atoms with Gasteiger partial charge in [0.1, 0.15) is 0 Å². The second-order valence-corrected chi connectivity index (χ2v) is 6.82. The van der Waals surface area contributed by atoms with Crippen molar-refractivity contribution in [2.45, 2.75) is 0 Å². The summed E-state index contributed by atoms with van der Waals surface area (Å²) in [5, 5.41) is 8.17. The van der Waals surface area contributed by atoms with E-state index in [4.69, 9.17) is 16.4 Å². The van der Waals surface area contributed by atoms with Gasteiger partial charge in [0.2, 0.25) is 0 Å². The summed E-state index contributed by atoms with van der Waals surface area (Å²) in [6, 6.07) is 19.9. The number of carbonyl (C=O) groups excluding carboxylic acids is 2. The number of carbonyl (C=O) groups is 2. The lowest BCUT2D eigenvalue weighted by atomic mass is 10.2. The van der Waals surface area contributed by atoms with Crippen LogP contribution in [-0.4, -0.2) is 11.9 Å². The maximum atomic E-state index is 12.1. The van der Waals surface area contributed by atoms with Gasteiger partial charge in [-0.15, -0.1) is 10.2 Å². The molecule has 0 radical (unpaired) electrons. The smallest absolute Gasteiger partial charge is 0.338 e. The van der Waals surface area contributed by atoms with Crippen molar-refractivity contribution in [3.05, 3.63) is 93.4 Å². The molecule has 28 heavy (non-hydrogen) atoms. The first kappa shape index (κ1) is 19.7. The maximum absolute atomic E-state index is 12.1. The van der Waals surface area contributed by atoms with E-state index < -0.39 is 11.9 Å². The molecule has 140 valence electrons. The molecule has 0 bridgehead atoms. The van der Waals surface area contributed by atoms with Crippen molar-refractivity contribution in [3.8, 4) is 0 Å². The summed E-state index contributed by atoms with van der Waals surface area (Å²) in [4.78, 5) is 29.0. The van der Waals surface area contributed by atoms with Crippen LogP contribution < -0.4 is 5.48 Å². The molecule has 0 saturated heterocycles. The number of hydrogen-bond acceptors (Lipinski definition) is 5. The Kier molecular flexibility index (Phi) is 6.52. The lowest BCUT2D eigenvalue weighted by Crippen LogP contribution is -2.10. The number of amides is 1. The third kappa shape index (κ3) is 5.25. The molecule has 0 aliphatic carbocycles. The van der Waals surface area contributed by atoms with Crippen LogP contribution >= 0.6 is 27.5 Å². The van der Waals surface area contributed by atoms with Gasteiger partial charge in [0.25, 0.3) is 5.91 Å². The number of hydrogen-bond donors (Lipinski definition) is 1. The average Bonchev–Trinajstić information content (AvgIpc) is 2.72. The molecule has 1 N–H and O–H groups in total. The molecule has 1 amide bonds. The standard InChI is InChI=1S/C20H13BrClN3O3/c21-18-4-2-1-3-17(18)19(26)24-23-15-9-11-16(12-10-15)25-28-20(27)13-5-7-14(22)8-6-13/h1-12,25H. The first-order valence-corrected chi connectivity index (χ1v) is 9.23. The second-order valence-electron chi connectivity index (χ2n) is 5.53. The zero-order valence-electron chi connectivity index (χ0n) is 14.3. The Morgan fingerprint density at radius 3 is 2.29 bits per heavy atom. The van der Waals surface area contributed by atoms with E-state index in [0.29, 0.717) is 32.0 Å². The highest BCUT2D eigenvalue weighted by Gasteiger charge is 2.09. The average molecular weight is 459 g/mol. The summed E-state index contributed by atoms with van der Waals surface area (Å²) >= 11 is 9.09. The fourth-order valence-corrected chi connectivity index (χ4v) is 2.72. The van der Waals surface area contributed by atoms with Crippen LogP contribution in [0.4, 0.5) is 11.4 Å². The van der Waals surface area contributed by atoms with Crippen LogP contribution in [-0.2, 0) is 4.84 Å². The number of rotatable bonds is 5. The van der Waals surface area contributed by atoms with Gasteiger partial charge in [0.05, 0.1) is 22.5 Å². The predicted molar refractivity (Wildman–Crippen MR) is 110 cm³/mol. The molecule has 8 heteroatoms. The highest BCUT2D eigenvalue weighted by molar-refractivity contribution is 9.10. The quantitative estimate of drug-likeness (QED) is 0.364. The normalized spacial score (nSPS) is 10.6. The molecule has 0 saturated carbocycles. The van der Waals surface area contributed by atoms with Crippen LogP contribution in [0.25, 0.3) is 0 Å². The minimum absolute atomic E-state index is 0.368. The van der Waals surface area contributed by atoms with Crippen molar-refractivity contribution in [2.24, 2.45) is 10.2 Å². The molecule has 0 atom stereocenters. The van der Waals surface area contributed by atoms with E-state index >= 15 is 0 Å². The van der Waals surface area contributed by atoms with Gasteiger partial charge in [0, 0.05) is 9.50 Å². The largest absolute Gasteiger partial charge is 0.362 e. The van der Waals surface area contributed by atoms with Gasteiger partial charge >= 0.3 is 5.97 Å². The van der Waals surface area contributed by atoms with Crippen LogP contribution in [0.15, 0.2) is 87.5 Å². The van der Waals surface area contributed by atoms with E-state index in [1.54, 1.807) is 66.7 Å².